The third-order valence-electron chi connectivity index (χ3n) is 7.63. The Morgan fingerprint density at radius 2 is 2.03 bits per heavy atom. The predicted octanol–water partition coefficient (Wildman–Crippen LogP) is 3.10. The Labute approximate surface area is 203 Å². The first kappa shape index (κ1) is 24.5. The topological polar surface area (TPSA) is 90.5 Å². The van der Waals surface area contributed by atoms with Crippen molar-refractivity contribution in [1.82, 2.24) is 20.2 Å². The molecule has 2 saturated heterocycles. The van der Waals surface area contributed by atoms with Crippen molar-refractivity contribution in [3.05, 3.63) is 23.9 Å². The molecule has 2 aliphatic heterocycles. The zero-order chi connectivity index (χ0) is 24.5. The minimum absolute atomic E-state index is 0.0155. The summed E-state index contributed by atoms with van der Waals surface area (Å²) in [7, 11) is 1.69. The fraction of sp³-hybridized carbons (Fsp3) is 0.692. The average molecular weight is 469 g/mol. The third kappa shape index (κ3) is 5.05. The van der Waals surface area contributed by atoms with Crippen LogP contribution in [0.25, 0.3) is 0 Å². The molecule has 0 bridgehead atoms. The summed E-state index contributed by atoms with van der Waals surface area (Å²) < 4.78 is 0. The third-order valence-corrected chi connectivity index (χ3v) is 7.63. The summed E-state index contributed by atoms with van der Waals surface area (Å²) in [5.41, 5.74) is 2.50. The van der Waals surface area contributed by atoms with Crippen molar-refractivity contribution in [2.45, 2.75) is 71.3 Å². The first-order valence-corrected chi connectivity index (χ1v) is 12.8. The van der Waals surface area contributed by atoms with E-state index >= 15 is 0 Å². The lowest BCUT2D eigenvalue weighted by molar-refractivity contribution is -0.136. The molecule has 8 nitrogen and oxygen atoms in total. The van der Waals surface area contributed by atoms with Crippen LogP contribution in [0, 0.1) is 11.3 Å². The van der Waals surface area contributed by atoms with Crippen LogP contribution in [-0.4, -0.2) is 66.0 Å². The summed E-state index contributed by atoms with van der Waals surface area (Å²) in [6.07, 6.45) is 7.01. The summed E-state index contributed by atoms with van der Waals surface area (Å²) in [5.74, 6) is 2.61. The van der Waals surface area contributed by atoms with Gasteiger partial charge >= 0.3 is 0 Å². The van der Waals surface area contributed by atoms with Gasteiger partial charge < -0.3 is 20.4 Å². The van der Waals surface area contributed by atoms with E-state index in [2.05, 4.69) is 42.9 Å². The monoisotopic (exact) mass is 468 g/mol. The van der Waals surface area contributed by atoms with Gasteiger partial charge in [-0.05, 0) is 50.0 Å². The summed E-state index contributed by atoms with van der Waals surface area (Å²) in [6, 6.07) is 0.0269. The molecule has 1 spiro atoms. The second-order valence-corrected chi connectivity index (χ2v) is 10.9. The van der Waals surface area contributed by atoms with Gasteiger partial charge in [-0.25, -0.2) is 4.98 Å². The largest absolute Gasteiger partial charge is 0.366 e. The predicted molar refractivity (Wildman–Crippen MR) is 135 cm³/mol. The smallest absolute Gasteiger partial charge is 0.245 e. The average Bonchev–Trinajstić information content (AvgIpc) is 3.23. The van der Waals surface area contributed by atoms with E-state index in [1.54, 1.807) is 7.05 Å². The van der Waals surface area contributed by atoms with Gasteiger partial charge in [0.05, 0.1) is 5.69 Å². The fourth-order valence-electron chi connectivity index (χ4n) is 5.82. The lowest BCUT2D eigenvalue weighted by Gasteiger charge is -2.47. The molecule has 8 heteroatoms. The minimum atomic E-state index is 0.0155. The first-order valence-electron chi connectivity index (χ1n) is 12.8. The number of amides is 2. The Kier molecular flexibility index (Phi) is 7.14. The van der Waals surface area contributed by atoms with E-state index in [9.17, 15) is 9.59 Å². The van der Waals surface area contributed by atoms with Crippen molar-refractivity contribution in [2.75, 3.05) is 43.4 Å². The van der Waals surface area contributed by atoms with Crippen molar-refractivity contribution < 1.29 is 9.59 Å². The molecular weight excluding hydrogens is 428 g/mol. The Morgan fingerprint density at radius 1 is 1.26 bits per heavy atom. The number of anilines is 2. The Bertz CT molecular complexity index is 939. The van der Waals surface area contributed by atoms with Gasteiger partial charge in [-0.1, -0.05) is 27.4 Å². The van der Waals surface area contributed by atoms with Gasteiger partial charge in [0.2, 0.25) is 17.8 Å². The van der Waals surface area contributed by atoms with Crippen LogP contribution in [0.3, 0.4) is 0 Å². The number of carbonyl (C=O) groups is 2. The second-order valence-electron chi connectivity index (χ2n) is 10.9. The van der Waals surface area contributed by atoms with Gasteiger partial charge in [0, 0.05) is 56.7 Å². The van der Waals surface area contributed by atoms with Gasteiger partial charge in [0.25, 0.3) is 0 Å². The highest BCUT2D eigenvalue weighted by molar-refractivity contribution is 5.87. The molecule has 0 radical (unpaired) electrons. The summed E-state index contributed by atoms with van der Waals surface area (Å²) in [6.45, 7) is 13.6. The molecule has 4 rings (SSSR count). The quantitative estimate of drug-likeness (QED) is 0.570. The molecule has 2 amide bonds. The van der Waals surface area contributed by atoms with Crippen LogP contribution >= 0.6 is 0 Å². The number of aromatic nitrogens is 2. The number of nitrogens with zero attached hydrogens (tertiary/aromatic N) is 4. The standard InChI is InChI=1S/C26H40N6O2/c1-6-22(34)32-15-26(16-32)10-11-31(14-26)25-29-23-18(4)8-7-9-20(23)24(30-25)28-19(12-17(2)3)13-21(33)27-5/h6,17-19H,1,7-16H2,2-5H3,(H,27,33)(H,28,29,30)/t18-,19+/m1/s1. The molecule has 34 heavy (non-hydrogen) atoms. The second kappa shape index (κ2) is 9.92. The van der Waals surface area contributed by atoms with Crippen LogP contribution in [0.15, 0.2) is 12.7 Å². The SMILES string of the molecule is C=CC(=O)N1CC2(CCN(c3nc(N[C@H](CC(=O)NC)CC(C)C)c4c(n3)[C@H](C)CCC4)C2)C1. The Morgan fingerprint density at radius 3 is 2.71 bits per heavy atom. The van der Waals surface area contributed by atoms with E-state index < -0.39 is 0 Å². The molecule has 1 aliphatic carbocycles. The lowest BCUT2D eigenvalue weighted by atomic mass is 9.79. The van der Waals surface area contributed by atoms with Crippen molar-refractivity contribution in [2.24, 2.45) is 11.3 Å². The number of hydrogen-bond acceptors (Lipinski definition) is 6. The molecule has 1 aromatic heterocycles. The number of carbonyl (C=O) groups excluding carboxylic acids is 2. The molecule has 0 unspecified atom stereocenters. The fourth-order valence-corrected chi connectivity index (χ4v) is 5.82. The van der Waals surface area contributed by atoms with Crippen LogP contribution in [0.4, 0.5) is 11.8 Å². The van der Waals surface area contributed by atoms with E-state index in [-0.39, 0.29) is 23.3 Å². The lowest BCUT2D eigenvalue weighted by Crippen LogP contribution is -2.59. The number of rotatable bonds is 8. The zero-order valence-corrected chi connectivity index (χ0v) is 21.2. The van der Waals surface area contributed by atoms with E-state index in [4.69, 9.17) is 9.97 Å². The minimum Gasteiger partial charge on any atom is -0.366 e. The van der Waals surface area contributed by atoms with Gasteiger partial charge in [-0.15, -0.1) is 0 Å². The summed E-state index contributed by atoms with van der Waals surface area (Å²) in [5, 5.41) is 6.43. The molecular formula is C26H40N6O2. The van der Waals surface area contributed by atoms with Gasteiger partial charge in [0.1, 0.15) is 5.82 Å². The molecule has 186 valence electrons. The number of nitrogens with one attached hydrogen (secondary N) is 2. The van der Waals surface area contributed by atoms with Crippen LogP contribution in [0.2, 0.25) is 0 Å². The highest BCUT2D eigenvalue weighted by Gasteiger charge is 2.49. The molecule has 2 fully saturated rings. The molecule has 3 heterocycles. The normalized spacial score (nSPS) is 21.7. The van der Waals surface area contributed by atoms with Crippen molar-refractivity contribution >= 4 is 23.6 Å². The van der Waals surface area contributed by atoms with Gasteiger partial charge in [0.15, 0.2) is 0 Å². The van der Waals surface area contributed by atoms with Crippen molar-refractivity contribution in [3.63, 3.8) is 0 Å². The first-order chi connectivity index (χ1) is 16.2. The molecule has 2 N–H and O–H groups in total. The Hall–Kier alpha value is -2.64. The van der Waals surface area contributed by atoms with E-state index in [0.717, 1.165) is 75.7 Å². The van der Waals surface area contributed by atoms with Crippen LogP contribution in [0.5, 0.6) is 0 Å². The molecule has 1 aromatic rings. The molecule has 0 aromatic carbocycles. The maximum absolute atomic E-state index is 12.2. The highest BCUT2D eigenvalue weighted by Crippen LogP contribution is 2.42. The molecule has 3 aliphatic rings. The van der Waals surface area contributed by atoms with Gasteiger partial charge in [-0.2, -0.15) is 4.98 Å². The van der Waals surface area contributed by atoms with Gasteiger partial charge in [-0.3, -0.25) is 9.59 Å². The number of fused-ring (bicyclic) bond motifs is 1. The van der Waals surface area contributed by atoms with E-state index in [1.807, 2.05) is 4.90 Å². The maximum Gasteiger partial charge on any atom is 0.245 e. The summed E-state index contributed by atoms with van der Waals surface area (Å²) in [4.78, 5) is 38.4. The van der Waals surface area contributed by atoms with E-state index in [0.29, 0.717) is 18.3 Å². The Balaban J connectivity index is 1.58. The number of hydrogen-bond donors (Lipinski definition) is 2. The maximum atomic E-state index is 12.2. The number of likely N-dealkylation sites (tertiary alicyclic amines) is 1. The highest BCUT2D eigenvalue weighted by atomic mass is 16.2. The van der Waals surface area contributed by atoms with Crippen LogP contribution in [-0.2, 0) is 16.0 Å². The van der Waals surface area contributed by atoms with Crippen LogP contribution < -0.4 is 15.5 Å². The zero-order valence-electron chi connectivity index (χ0n) is 21.2. The van der Waals surface area contributed by atoms with Crippen molar-refractivity contribution in [3.8, 4) is 0 Å². The molecule has 2 atom stereocenters. The van der Waals surface area contributed by atoms with E-state index in [1.165, 1.54) is 11.6 Å². The van der Waals surface area contributed by atoms with Crippen molar-refractivity contribution in [1.29, 1.82) is 0 Å². The van der Waals surface area contributed by atoms with Crippen LogP contribution in [0.1, 0.15) is 70.1 Å². The summed E-state index contributed by atoms with van der Waals surface area (Å²) >= 11 is 0. The molecule has 0 saturated carbocycles.